The smallest absolute Gasteiger partial charge is 0.405 e. The normalized spacial score (nSPS) is 19.9. The van der Waals surface area contributed by atoms with E-state index < -0.39 is 29.2 Å². The van der Waals surface area contributed by atoms with Crippen molar-refractivity contribution in [1.82, 2.24) is 15.2 Å². The van der Waals surface area contributed by atoms with Crippen molar-refractivity contribution in [1.29, 1.82) is 0 Å². The molecule has 286 valence electrons. The predicted molar refractivity (Wildman–Crippen MR) is 204 cm³/mol. The van der Waals surface area contributed by atoms with E-state index in [0.717, 1.165) is 53.8 Å². The molecule has 3 aromatic rings. The lowest BCUT2D eigenvalue weighted by molar-refractivity contribution is -0.154. The fourth-order valence-corrected chi connectivity index (χ4v) is 6.04. The molecule has 0 saturated carbocycles. The van der Waals surface area contributed by atoms with Crippen molar-refractivity contribution >= 4 is 51.3 Å². The van der Waals surface area contributed by atoms with E-state index in [2.05, 4.69) is 15.0 Å². The summed E-state index contributed by atoms with van der Waals surface area (Å²) < 4.78 is 9.72. The maximum absolute atomic E-state index is 12.9. The van der Waals surface area contributed by atoms with Gasteiger partial charge in [-0.15, -0.1) is 0 Å². The zero-order valence-electron chi connectivity index (χ0n) is 32.0. The number of ether oxygens (including phenoxy) is 2. The number of H-pyrrole nitrogens is 1. The third-order valence-electron chi connectivity index (χ3n) is 8.54. The summed E-state index contributed by atoms with van der Waals surface area (Å²) in [5.74, 6) is -0.783. The van der Waals surface area contributed by atoms with Gasteiger partial charge in [-0.3, -0.25) is 19.2 Å². The number of nitrogens with zero attached hydrogens (tertiary/aromatic N) is 1. The number of aromatic amines is 1. The van der Waals surface area contributed by atoms with E-state index in [1.165, 1.54) is 0 Å². The van der Waals surface area contributed by atoms with Crippen LogP contribution in [0.4, 0.5) is 4.79 Å². The molecular formula is C40H58N4O8. The summed E-state index contributed by atoms with van der Waals surface area (Å²) in [7, 11) is 0. The SMILES string of the molecule is CC.CC(C)(C)OC(N)=O.CCOC(=O)[C@@]1(C)CCC(=O)CCCCCCC(=O)N2CCCC2C(=O)N1.O=c1[nH]c2ccccc2c2ccccc12. The molecule has 5 rings (SSSR count). The minimum absolute atomic E-state index is 0.00330. The quantitative estimate of drug-likeness (QED) is 0.193. The van der Waals surface area contributed by atoms with Crippen LogP contribution in [0, 0.1) is 0 Å². The Morgan fingerprint density at radius 3 is 2.06 bits per heavy atom. The van der Waals surface area contributed by atoms with Gasteiger partial charge in [0.05, 0.1) is 6.61 Å². The van der Waals surface area contributed by atoms with Gasteiger partial charge in [-0.25, -0.2) is 9.59 Å². The number of hydrogen-bond donors (Lipinski definition) is 3. The molecule has 2 aliphatic rings. The number of nitrogens with one attached hydrogen (secondary N) is 2. The molecule has 2 aromatic carbocycles. The summed E-state index contributed by atoms with van der Waals surface area (Å²) in [6.07, 6.45) is 5.35. The number of esters is 1. The van der Waals surface area contributed by atoms with Crippen LogP contribution in [0.2, 0.25) is 0 Å². The van der Waals surface area contributed by atoms with Crippen LogP contribution in [-0.2, 0) is 28.7 Å². The highest BCUT2D eigenvalue weighted by Crippen LogP contribution is 2.24. The number of hydrogen-bond acceptors (Lipinski definition) is 8. The number of Topliss-reactive ketones (excluding diaryl/α,β-unsaturated/α-hetero) is 1. The van der Waals surface area contributed by atoms with E-state index in [0.29, 0.717) is 25.8 Å². The molecule has 2 atom stereocenters. The Bertz CT molecular complexity index is 1710. The van der Waals surface area contributed by atoms with Crippen LogP contribution in [0.3, 0.4) is 0 Å². The van der Waals surface area contributed by atoms with Gasteiger partial charge in [-0.2, -0.15) is 0 Å². The van der Waals surface area contributed by atoms with Crippen LogP contribution in [0.15, 0.2) is 53.3 Å². The standard InChI is InChI=1S/C20H32N2O5.C13H9NO.C5H11NO2.C2H6/c1-3-27-19(26)20(2)13-12-15(23)9-6-4-5-7-11-17(24)22-14-8-10-16(22)18(25)21-20;15-13-11-7-2-1-5-9(11)10-6-3-4-8-12(10)14-13;1-5(2,3)8-4(6)7;1-2/h16H,3-14H2,1-2H3,(H,21,25);1-8H,(H,14,15);1-3H3,(H2,6,7);1-2H3/t16?,20-;;;/m1.../s1. The zero-order valence-corrected chi connectivity index (χ0v) is 32.0. The molecule has 2 saturated heterocycles. The Balaban J connectivity index is 0.000000311. The third kappa shape index (κ3) is 13.4. The summed E-state index contributed by atoms with van der Waals surface area (Å²) >= 11 is 0. The fourth-order valence-electron chi connectivity index (χ4n) is 6.04. The predicted octanol–water partition coefficient (Wildman–Crippen LogP) is 6.71. The van der Waals surface area contributed by atoms with Gasteiger partial charge in [0.15, 0.2) is 0 Å². The van der Waals surface area contributed by atoms with Crippen molar-refractivity contribution in [2.24, 2.45) is 5.73 Å². The number of amides is 3. The highest BCUT2D eigenvalue weighted by atomic mass is 16.6. The first-order valence-electron chi connectivity index (χ1n) is 18.4. The average molecular weight is 723 g/mol. The largest absolute Gasteiger partial charge is 0.464 e. The van der Waals surface area contributed by atoms with Crippen LogP contribution in [0.5, 0.6) is 0 Å². The molecule has 2 aliphatic heterocycles. The average Bonchev–Trinajstić information content (AvgIpc) is 3.60. The molecule has 1 aromatic heterocycles. The maximum Gasteiger partial charge on any atom is 0.405 e. The first-order chi connectivity index (χ1) is 24.6. The molecule has 3 amide bonds. The van der Waals surface area contributed by atoms with Crippen molar-refractivity contribution in [2.75, 3.05) is 13.2 Å². The van der Waals surface area contributed by atoms with E-state index in [1.807, 2.05) is 62.4 Å². The van der Waals surface area contributed by atoms with Gasteiger partial charge in [0.2, 0.25) is 11.8 Å². The third-order valence-corrected chi connectivity index (χ3v) is 8.54. The van der Waals surface area contributed by atoms with Crippen LogP contribution in [-0.4, -0.2) is 69.9 Å². The lowest BCUT2D eigenvalue weighted by atomic mass is 9.92. The van der Waals surface area contributed by atoms with Crippen molar-refractivity contribution in [3.05, 3.63) is 58.9 Å². The molecule has 12 nitrogen and oxygen atoms in total. The maximum atomic E-state index is 12.9. The number of rotatable bonds is 2. The minimum Gasteiger partial charge on any atom is -0.464 e. The molecule has 0 aliphatic carbocycles. The molecule has 2 fully saturated rings. The molecule has 0 radical (unpaired) electrons. The van der Waals surface area contributed by atoms with E-state index in [4.69, 9.17) is 10.5 Å². The summed E-state index contributed by atoms with van der Waals surface area (Å²) in [4.78, 5) is 76.4. The molecule has 1 unspecified atom stereocenters. The monoisotopic (exact) mass is 722 g/mol. The van der Waals surface area contributed by atoms with Crippen LogP contribution < -0.4 is 16.6 Å². The van der Waals surface area contributed by atoms with Gasteiger partial charge in [0.25, 0.3) is 5.56 Å². The first kappa shape index (κ1) is 43.4. The number of aromatic nitrogens is 1. The number of primary amides is 1. The molecule has 0 spiro atoms. The summed E-state index contributed by atoms with van der Waals surface area (Å²) in [6.45, 7) is 13.4. The fraction of sp³-hybridized carbons (Fsp3) is 0.550. The first-order valence-corrected chi connectivity index (χ1v) is 18.4. The highest BCUT2D eigenvalue weighted by Gasteiger charge is 2.41. The Morgan fingerprint density at radius 2 is 1.46 bits per heavy atom. The summed E-state index contributed by atoms with van der Waals surface area (Å²) in [6, 6.07) is 15.0. The summed E-state index contributed by atoms with van der Waals surface area (Å²) in [5, 5.41) is 5.65. The molecular weight excluding hydrogens is 664 g/mol. The van der Waals surface area contributed by atoms with Crippen molar-refractivity contribution in [3.63, 3.8) is 0 Å². The zero-order chi connectivity index (χ0) is 38.9. The number of carbonyl (C=O) groups excluding carboxylic acids is 5. The van der Waals surface area contributed by atoms with Gasteiger partial charge >= 0.3 is 12.1 Å². The second-order valence-corrected chi connectivity index (χ2v) is 13.8. The van der Waals surface area contributed by atoms with Crippen molar-refractivity contribution in [3.8, 4) is 0 Å². The van der Waals surface area contributed by atoms with Crippen LogP contribution in [0.1, 0.15) is 113 Å². The van der Waals surface area contributed by atoms with Crippen LogP contribution in [0.25, 0.3) is 21.7 Å². The van der Waals surface area contributed by atoms with Crippen LogP contribution >= 0.6 is 0 Å². The molecule has 4 N–H and O–H groups in total. The second kappa shape index (κ2) is 20.9. The van der Waals surface area contributed by atoms with Gasteiger partial charge in [-0.05, 0) is 84.2 Å². The Hall–Kier alpha value is -4.74. The van der Waals surface area contributed by atoms with Gasteiger partial charge in [0, 0.05) is 42.1 Å². The number of carbonyl (C=O) groups is 5. The highest BCUT2D eigenvalue weighted by molar-refractivity contribution is 6.05. The Labute approximate surface area is 307 Å². The van der Waals surface area contributed by atoms with Crippen molar-refractivity contribution in [2.45, 2.75) is 130 Å². The molecule has 3 heterocycles. The van der Waals surface area contributed by atoms with Gasteiger partial charge < -0.3 is 30.4 Å². The number of pyridine rings is 1. The number of fused-ring (bicyclic) bond motifs is 4. The lowest BCUT2D eigenvalue weighted by Crippen LogP contribution is -2.58. The van der Waals surface area contributed by atoms with Gasteiger partial charge in [0.1, 0.15) is 23.0 Å². The van der Waals surface area contributed by atoms with E-state index in [1.54, 1.807) is 39.5 Å². The second-order valence-electron chi connectivity index (χ2n) is 13.8. The minimum atomic E-state index is -1.26. The Kier molecular flexibility index (Phi) is 17.5. The van der Waals surface area contributed by atoms with E-state index in [9.17, 15) is 28.8 Å². The molecule has 12 heteroatoms. The summed E-state index contributed by atoms with van der Waals surface area (Å²) in [5.41, 5.74) is 3.87. The molecule has 52 heavy (non-hydrogen) atoms. The molecule has 0 bridgehead atoms. The number of nitrogens with two attached hydrogens (primary N) is 1. The number of benzene rings is 2. The topological polar surface area (TPSA) is 178 Å². The van der Waals surface area contributed by atoms with Crippen molar-refractivity contribution < 1.29 is 33.4 Å². The number of ketones is 1. The van der Waals surface area contributed by atoms with Gasteiger partial charge in [-0.1, -0.05) is 63.1 Å². The number of para-hydroxylation sites is 1. The van der Waals surface area contributed by atoms with E-state index in [-0.39, 0.29) is 42.6 Å². The Morgan fingerprint density at radius 1 is 0.865 bits per heavy atom. The van der Waals surface area contributed by atoms with E-state index >= 15 is 0 Å². The lowest BCUT2D eigenvalue weighted by Gasteiger charge is -2.32.